The molecule has 1 nitrogen and oxygen atoms in total. The normalized spacial score (nSPS) is 9.83. The fraction of sp³-hybridized carbons (Fsp3) is 0.636. The van der Waals surface area contributed by atoms with Crippen LogP contribution in [-0.2, 0) is 0 Å². The zero-order valence-corrected chi connectivity index (χ0v) is 7.84. The van der Waals surface area contributed by atoms with E-state index in [0.29, 0.717) is 6.42 Å². The van der Waals surface area contributed by atoms with Crippen molar-refractivity contribution in [3.63, 3.8) is 0 Å². The highest BCUT2D eigenvalue weighted by atomic mass is 16.2. The van der Waals surface area contributed by atoms with Crippen LogP contribution >= 0.6 is 0 Å². The number of aliphatic hydroxyl groups is 1. The minimum absolute atomic E-state index is 0.163. The molecule has 0 saturated carbocycles. The van der Waals surface area contributed by atoms with Crippen LogP contribution in [0.1, 0.15) is 39.0 Å². The minimum atomic E-state index is 0.163. The lowest BCUT2D eigenvalue weighted by atomic mass is 10.2. The van der Waals surface area contributed by atoms with Gasteiger partial charge in [-0.3, -0.25) is 0 Å². The molecule has 68 valence electrons. The maximum atomic E-state index is 8.41. The quantitative estimate of drug-likeness (QED) is 0.491. The summed E-state index contributed by atoms with van der Waals surface area (Å²) in [5.74, 6) is 5.71. The lowest BCUT2D eigenvalue weighted by Gasteiger charge is -1.89. The van der Waals surface area contributed by atoms with Gasteiger partial charge in [0.2, 0.25) is 0 Å². The van der Waals surface area contributed by atoms with Crippen LogP contribution in [0.3, 0.4) is 0 Å². The number of hydrogen-bond donors (Lipinski definition) is 1. The van der Waals surface area contributed by atoms with Crippen molar-refractivity contribution in [2.45, 2.75) is 39.0 Å². The zero-order valence-electron chi connectivity index (χ0n) is 7.84. The van der Waals surface area contributed by atoms with E-state index in [9.17, 15) is 0 Å². The molecular weight excluding hydrogens is 148 g/mol. The van der Waals surface area contributed by atoms with Crippen LogP contribution in [0, 0.1) is 11.8 Å². The Morgan fingerprint density at radius 2 is 2.17 bits per heavy atom. The Morgan fingerprint density at radius 3 is 2.83 bits per heavy atom. The lowest BCUT2D eigenvalue weighted by molar-refractivity contribution is 0.305. The van der Waals surface area contributed by atoms with Crippen molar-refractivity contribution in [2.24, 2.45) is 0 Å². The third-order valence-electron chi connectivity index (χ3n) is 1.51. The number of aliphatic hydroxyl groups excluding tert-OH is 1. The largest absolute Gasteiger partial charge is 0.395 e. The molecule has 0 rings (SSSR count). The second-order valence-electron chi connectivity index (χ2n) is 2.69. The van der Waals surface area contributed by atoms with Crippen LogP contribution < -0.4 is 0 Å². The Morgan fingerprint density at radius 1 is 1.33 bits per heavy atom. The van der Waals surface area contributed by atoms with Crippen molar-refractivity contribution >= 4 is 0 Å². The van der Waals surface area contributed by atoms with Crippen LogP contribution in [0.5, 0.6) is 0 Å². The van der Waals surface area contributed by atoms with Gasteiger partial charge in [-0.25, -0.2) is 0 Å². The summed E-state index contributed by atoms with van der Waals surface area (Å²) < 4.78 is 0. The van der Waals surface area contributed by atoms with Gasteiger partial charge >= 0.3 is 0 Å². The first-order valence-electron chi connectivity index (χ1n) is 4.66. The van der Waals surface area contributed by atoms with Crippen molar-refractivity contribution < 1.29 is 5.11 Å². The molecule has 0 aromatic heterocycles. The Bertz CT molecular complexity index is 160. The summed E-state index contributed by atoms with van der Waals surface area (Å²) in [6, 6.07) is 0. The fourth-order valence-electron chi connectivity index (χ4n) is 0.841. The number of unbranched alkanes of at least 4 members (excludes halogenated alkanes) is 3. The molecule has 0 radical (unpaired) electrons. The maximum Gasteiger partial charge on any atom is 0.0540 e. The highest BCUT2D eigenvalue weighted by Gasteiger charge is 1.79. The second kappa shape index (κ2) is 10.3. The number of rotatable bonds is 5. The fourth-order valence-corrected chi connectivity index (χ4v) is 0.841. The van der Waals surface area contributed by atoms with Gasteiger partial charge in [-0.2, -0.15) is 0 Å². The van der Waals surface area contributed by atoms with E-state index in [1.807, 2.05) is 6.08 Å². The van der Waals surface area contributed by atoms with Crippen molar-refractivity contribution in [2.75, 3.05) is 6.61 Å². The first-order valence-corrected chi connectivity index (χ1v) is 4.66. The average Bonchev–Trinajstić information content (AvgIpc) is 2.10. The van der Waals surface area contributed by atoms with Gasteiger partial charge in [-0.05, 0) is 18.9 Å². The van der Waals surface area contributed by atoms with Crippen molar-refractivity contribution in [1.82, 2.24) is 0 Å². The highest BCUT2D eigenvalue weighted by molar-refractivity contribution is 5.14. The zero-order chi connectivity index (χ0) is 9.07. The number of hydrogen-bond acceptors (Lipinski definition) is 1. The van der Waals surface area contributed by atoms with Crippen LogP contribution in [0.4, 0.5) is 0 Å². The van der Waals surface area contributed by atoms with E-state index in [4.69, 9.17) is 5.11 Å². The molecule has 1 heteroatoms. The Hall–Kier alpha value is -0.740. The van der Waals surface area contributed by atoms with Gasteiger partial charge in [0.25, 0.3) is 0 Å². The molecule has 0 aliphatic carbocycles. The molecule has 0 saturated heterocycles. The summed E-state index contributed by atoms with van der Waals surface area (Å²) >= 11 is 0. The van der Waals surface area contributed by atoms with Gasteiger partial charge in [0.15, 0.2) is 0 Å². The van der Waals surface area contributed by atoms with E-state index < -0.39 is 0 Å². The molecule has 0 amide bonds. The summed E-state index contributed by atoms with van der Waals surface area (Å²) in [5.41, 5.74) is 0. The van der Waals surface area contributed by atoms with Crippen LogP contribution in [0.2, 0.25) is 0 Å². The van der Waals surface area contributed by atoms with Gasteiger partial charge in [-0.1, -0.05) is 37.7 Å². The molecule has 0 aliphatic rings. The van der Waals surface area contributed by atoms with E-state index in [0.717, 1.165) is 6.42 Å². The minimum Gasteiger partial charge on any atom is -0.395 e. The molecule has 0 atom stereocenters. The van der Waals surface area contributed by atoms with Gasteiger partial charge in [0.1, 0.15) is 0 Å². The summed E-state index contributed by atoms with van der Waals surface area (Å²) in [5, 5.41) is 8.41. The Labute approximate surface area is 75.5 Å². The Balaban J connectivity index is 3.20. The first-order chi connectivity index (χ1) is 5.91. The smallest absolute Gasteiger partial charge is 0.0540 e. The molecular formula is C11H18O. The molecule has 0 bridgehead atoms. The monoisotopic (exact) mass is 166 g/mol. The molecule has 1 N–H and O–H groups in total. The maximum absolute atomic E-state index is 8.41. The molecule has 0 aliphatic heterocycles. The standard InChI is InChI=1S/C11H18O/c1-2-3-4-5-6-7-8-9-10-11-12/h6-7,12H,2-5,10-11H2,1H3/b7-6+. The third kappa shape index (κ3) is 9.26. The molecule has 0 heterocycles. The SMILES string of the molecule is CCCCC/C=C/C#CCCO. The topological polar surface area (TPSA) is 20.2 Å². The predicted molar refractivity (Wildman–Crippen MR) is 52.8 cm³/mol. The van der Waals surface area contributed by atoms with Crippen molar-refractivity contribution in [3.8, 4) is 11.8 Å². The molecule has 12 heavy (non-hydrogen) atoms. The van der Waals surface area contributed by atoms with Crippen molar-refractivity contribution in [1.29, 1.82) is 0 Å². The van der Waals surface area contributed by atoms with Gasteiger partial charge < -0.3 is 5.11 Å². The molecule has 0 aromatic rings. The van der Waals surface area contributed by atoms with E-state index in [1.54, 1.807) is 0 Å². The van der Waals surface area contributed by atoms with E-state index in [1.165, 1.54) is 19.3 Å². The summed E-state index contributed by atoms with van der Waals surface area (Å²) in [4.78, 5) is 0. The summed E-state index contributed by atoms with van der Waals surface area (Å²) in [7, 11) is 0. The van der Waals surface area contributed by atoms with Crippen LogP contribution in [0.15, 0.2) is 12.2 Å². The molecule has 0 unspecified atom stereocenters. The van der Waals surface area contributed by atoms with Gasteiger partial charge in [0, 0.05) is 6.42 Å². The summed E-state index contributed by atoms with van der Waals surface area (Å²) in [6.45, 7) is 2.36. The predicted octanol–water partition coefficient (Wildman–Crippen LogP) is 2.51. The van der Waals surface area contributed by atoms with E-state index in [-0.39, 0.29) is 6.61 Å². The lowest BCUT2D eigenvalue weighted by Crippen LogP contribution is -1.74. The van der Waals surface area contributed by atoms with Gasteiger partial charge in [-0.15, -0.1) is 0 Å². The second-order valence-corrected chi connectivity index (χ2v) is 2.69. The third-order valence-corrected chi connectivity index (χ3v) is 1.51. The highest BCUT2D eigenvalue weighted by Crippen LogP contribution is 1.98. The molecule has 0 aromatic carbocycles. The van der Waals surface area contributed by atoms with E-state index >= 15 is 0 Å². The van der Waals surface area contributed by atoms with E-state index in [2.05, 4.69) is 24.8 Å². The van der Waals surface area contributed by atoms with Crippen LogP contribution in [-0.4, -0.2) is 11.7 Å². The van der Waals surface area contributed by atoms with Gasteiger partial charge in [0.05, 0.1) is 6.61 Å². The van der Waals surface area contributed by atoms with Crippen LogP contribution in [0.25, 0.3) is 0 Å². The number of allylic oxidation sites excluding steroid dienone is 2. The molecule has 0 spiro atoms. The average molecular weight is 166 g/mol. The molecule has 0 fully saturated rings. The van der Waals surface area contributed by atoms with Crippen molar-refractivity contribution in [3.05, 3.63) is 12.2 Å². The first kappa shape index (κ1) is 11.3. The summed E-state index contributed by atoms with van der Waals surface area (Å²) in [6.07, 6.45) is 9.51. The Kier molecular flexibility index (Phi) is 9.63.